The number of aliphatic hydroxyl groups excluding tert-OH is 1. The van der Waals surface area contributed by atoms with Crippen LogP contribution in [-0.4, -0.2) is 56.2 Å². The van der Waals surface area contributed by atoms with Crippen molar-refractivity contribution in [3.63, 3.8) is 0 Å². The Kier molecular flexibility index (Phi) is 9.28. The third kappa shape index (κ3) is 5.98. The number of hydrogen-bond donors (Lipinski definition) is 1. The van der Waals surface area contributed by atoms with E-state index in [-0.39, 0.29) is 32.6 Å². The van der Waals surface area contributed by atoms with E-state index >= 15 is 0 Å². The fourth-order valence-electron chi connectivity index (χ4n) is 5.20. The van der Waals surface area contributed by atoms with Crippen LogP contribution >= 0.6 is 11.3 Å². The molecule has 238 valence electrons. The number of carbonyl (C=O) groups excluding carboxylic acids is 3. The van der Waals surface area contributed by atoms with Crippen LogP contribution in [0.1, 0.15) is 43.7 Å². The molecule has 2 heterocycles. The molecule has 1 aliphatic rings. The first-order valence-corrected chi connectivity index (χ1v) is 14.9. The van der Waals surface area contributed by atoms with Crippen LogP contribution in [0.4, 0.5) is 5.13 Å². The van der Waals surface area contributed by atoms with Gasteiger partial charge in [0.25, 0.3) is 5.78 Å². The van der Waals surface area contributed by atoms with Gasteiger partial charge in [-0.15, -0.1) is 0 Å². The van der Waals surface area contributed by atoms with Crippen LogP contribution in [0.15, 0.2) is 66.2 Å². The van der Waals surface area contributed by atoms with E-state index in [2.05, 4.69) is 4.98 Å². The van der Waals surface area contributed by atoms with Crippen molar-refractivity contribution in [1.82, 2.24) is 4.98 Å². The van der Waals surface area contributed by atoms with E-state index in [0.29, 0.717) is 29.4 Å². The molecule has 1 amide bonds. The zero-order valence-electron chi connectivity index (χ0n) is 26.1. The summed E-state index contributed by atoms with van der Waals surface area (Å²) in [6.07, 6.45) is 0. The average molecular weight is 645 g/mol. The number of ether oxygens (including phenoxy) is 5. The second kappa shape index (κ2) is 13.3. The van der Waals surface area contributed by atoms with Crippen molar-refractivity contribution < 1.29 is 43.2 Å². The first-order chi connectivity index (χ1) is 22.1. The molecule has 1 aromatic heterocycles. The molecule has 0 spiro atoms. The van der Waals surface area contributed by atoms with Crippen LogP contribution in [-0.2, 0) is 20.9 Å². The number of esters is 1. The predicted octanol–water partition coefficient (Wildman–Crippen LogP) is 5.78. The lowest BCUT2D eigenvalue weighted by molar-refractivity contribution is -0.132. The fraction of sp³-hybridized carbons (Fsp3) is 0.235. The summed E-state index contributed by atoms with van der Waals surface area (Å²) < 4.78 is 27.3. The molecule has 3 aromatic carbocycles. The molecule has 4 aromatic rings. The molecule has 12 heteroatoms. The monoisotopic (exact) mass is 644 g/mol. The number of carbonyl (C=O) groups is 3. The van der Waals surface area contributed by atoms with Gasteiger partial charge in [0.1, 0.15) is 23.0 Å². The van der Waals surface area contributed by atoms with Gasteiger partial charge in [-0.2, -0.15) is 0 Å². The maximum atomic E-state index is 13.7. The molecule has 0 bridgehead atoms. The topological polar surface area (TPSA) is 134 Å². The summed E-state index contributed by atoms with van der Waals surface area (Å²) in [5.41, 5.74) is 2.89. The number of nitrogens with zero attached hydrogens (tertiary/aromatic N) is 2. The number of Topliss-reactive ketones (excluding diaryl/α,β-unsaturated/α-hetero) is 1. The minimum absolute atomic E-state index is 0.0673. The lowest BCUT2D eigenvalue weighted by atomic mass is 9.94. The zero-order chi connectivity index (χ0) is 33.1. The molecule has 1 fully saturated rings. The van der Waals surface area contributed by atoms with Gasteiger partial charge in [0.05, 0.1) is 45.7 Å². The third-order valence-electron chi connectivity index (χ3n) is 7.43. The van der Waals surface area contributed by atoms with E-state index in [4.69, 9.17) is 23.7 Å². The summed E-state index contributed by atoms with van der Waals surface area (Å²) in [6, 6.07) is 16.5. The molecule has 11 nitrogen and oxygen atoms in total. The van der Waals surface area contributed by atoms with Crippen molar-refractivity contribution in [2.75, 3.05) is 33.3 Å². The largest absolute Gasteiger partial charge is 0.507 e. The van der Waals surface area contributed by atoms with Gasteiger partial charge in [-0.1, -0.05) is 41.2 Å². The number of aromatic nitrogens is 1. The van der Waals surface area contributed by atoms with Crippen LogP contribution in [0.25, 0.3) is 5.76 Å². The van der Waals surface area contributed by atoms with Crippen LogP contribution in [0, 0.1) is 13.8 Å². The van der Waals surface area contributed by atoms with Gasteiger partial charge in [0.15, 0.2) is 16.6 Å². The highest BCUT2D eigenvalue weighted by atomic mass is 32.1. The Morgan fingerprint density at radius 3 is 2.20 bits per heavy atom. The molecule has 1 N–H and O–H groups in total. The number of anilines is 1. The summed E-state index contributed by atoms with van der Waals surface area (Å²) >= 11 is 0.896. The summed E-state index contributed by atoms with van der Waals surface area (Å²) in [4.78, 5) is 45.6. The van der Waals surface area contributed by atoms with E-state index in [0.717, 1.165) is 27.4 Å². The highest BCUT2D eigenvalue weighted by molar-refractivity contribution is 7.17. The number of thiazole rings is 1. The maximum absolute atomic E-state index is 13.7. The Morgan fingerprint density at radius 1 is 0.935 bits per heavy atom. The molecule has 5 rings (SSSR count). The van der Waals surface area contributed by atoms with Gasteiger partial charge >= 0.3 is 11.9 Å². The maximum Gasteiger partial charge on any atom is 0.350 e. The Balaban J connectivity index is 1.61. The average Bonchev–Trinajstić information content (AvgIpc) is 3.58. The van der Waals surface area contributed by atoms with Crippen LogP contribution in [0.3, 0.4) is 0 Å². The molecular formula is C34H32N2O9S. The molecule has 1 saturated heterocycles. The molecular weight excluding hydrogens is 612 g/mol. The Hall–Kier alpha value is -5.36. The van der Waals surface area contributed by atoms with Gasteiger partial charge < -0.3 is 28.8 Å². The minimum atomic E-state index is -1.18. The SMILES string of the molecule is COC(=O)c1sc(N2C(=O)C(=O)/C(=C(/O)c3ccc(OCc4cccc(C)c4)cc3)C2c2cc(OC)c(OC)c(OC)c2)nc1C. The minimum Gasteiger partial charge on any atom is -0.507 e. The normalized spacial score (nSPS) is 15.5. The first kappa shape index (κ1) is 32.0. The molecule has 1 unspecified atom stereocenters. The van der Waals surface area contributed by atoms with Gasteiger partial charge in [-0.05, 0) is 61.4 Å². The van der Waals surface area contributed by atoms with Gasteiger partial charge in [0, 0.05) is 5.56 Å². The highest BCUT2D eigenvalue weighted by Crippen LogP contribution is 2.48. The van der Waals surface area contributed by atoms with Crippen molar-refractivity contribution in [2.45, 2.75) is 26.5 Å². The van der Waals surface area contributed by atoms with Gasteiger partial charge in [0.2, 0.25) is 5.75 Å². The van der Waals surface area contributed by atoms with E-state index in [1.165, 1.54) is 28.4 Å². The summed E-state index contributed by atoms with van der Waals surface area (Å²) in [7, 11) is 5.57. The van der Waals surface area contributed by atoms with E-state index < -0.39 is 29.5 Å². The number of ketones is 1. The van der Waals surface area contributed by atoms with Crippen LogP contribution in [0.2, 0.25) is 0 Å². The fourth-order valence-corrected chi connectivity index (χ4v) is 6.22. The van der Waals surface area contributed by atoms with Crippen molar-refractivity contribution in [3.05, 3.63) is 99.1 Å². The van der Waals surface area contributed by atoms with Gasteiger partial charge in [-0.3, -0.25) is 14.5 Å². The van der Waals surface area contributed by atoms with Crippen molar-refractivity contribution in [3.8, 4) is 23.0 Å². The van der Waals surface area contributed by atoms with Crippen molar-refractivity contribution in [1.29, 1.82) is 0 Å². The molecule has 0 radical (unpaired) electrons. The van der Waals surface area contributed by atoms with E-state index in [1.807, 2.05) is 31.2 Å². The summed E-state index contributed by atoms with van der Waals surface area (Å²) in [5.74, 6) is -1.55. The predicted molar refractivity (Wildman–Crippen MR) is 171 cm³/mol. The number of benzene rings is 3. The van der Waals surface area contributed by atoms with Crippen LogP contribution < -0.4 is 23.8 Å². The molecule has 46 heavy (non-hydrogen) atoms. The lowest BCUT2D eigenvalue weighted by Crippen LogP contribution is -2.29. The highest BCUT2D eigenvalue weighted by Gasteiger charge is 2.49. The number of hydrogen-bond acceptors (Lipinski definition) is 11. The third-order valence-corrected chi connectivity index (χ3v) is 8.56. The standard InChI is InChI=1S/C34H32N2O9S/c1-18-8-7-9-20(14-18)17-45-23-12-10-21(11-13-23)28(37)26-27(22-15-24(41-3)30(43-5)25(16-22)42-4)36(32(39)29(26)38)34-35-19(2)31(46-34)33(40)44-6/h7-16,27,37H,17H2,1-6H3/b28-26+. The zero-order valence-corrected chi connectivity index (χ0v) is 26.9. The van der Waals surface area contributed by atoms with Crippen LogP contribution in [0.5, 0.6) is 23.0 Å². The lowest BCUT2D eigenvalue weighted by Gasteiger charge is -2.24. The number of rotatable bonds is 10. The summed E-state index contributed by atoms with van der Waals surface area (Å²) in [6.45, 7) is 3.95. The van der Waals surface area contributed by atoms with Crippen molar-refractivity contribution in [2.24, 2.45) is 0 Å². The Morgan fingerprint density at radius 2 is 1.61 bits per heavy atom. The second-order valence-corrected chi connectivity index (χ2v) is 11.3. The quantitative estimate of drug-likeness (QED) is 0.0981. The molecule has 0 aliphatic carbocycles. The smallest absolute Gasteiger partial charge is 0.350 e. The first-order valence-electron chi connectivity index (χ1n) is 14.1. The number of amides is 1. The number of methoxy groups -OCH3 is 4. The second-order valence-electron chi connectivity index (χ2n) is 10.3. The molecule has 1 atom stereocenters. The molecule has 1 aliphatic heterocycles. The van der Waals surface area contributed by atoms with Crippen molar-refractivity contribution >= 4 is 39.9 Å². The number of aliphatic hydroxyl groups is 1. The van der Waals surface area contributed by atoms with E-state index in [9.17, 15) is 19.5 Å². The molecule has 0 saturated carbocycles. The Labute approximate surface area is 269 Å². The van der Waals surface area contributed by atoms with E-state index in [1.54, 1.807) is 43.3 Å². The summed E-state index contributed by atoms with van der Waals surface area (Å²) in [5, 5.41) is 11.7. The number of aryl methyl sites for hydroxylation is 2. The van der Waals surface area contributed by atoms with Gasteiger partial charge in [-0.25, -0.2) is 9.78 Å². The Bertz CT molecular complexity index is 1820.